The van der Waals surface area contributed by atoms with Crippen LogP contribution < -0.4 is 10.1 Å². The number of rotatable bonds is 3. The molecule has 1 aliphatic heterocycles. The Bertz CT molecular complexity index is 599. The number of halogens is 1. The number of benzene rings is 1. The second-order valence-corrected chi connectivity index (χ2v) is 7.58. The summed E-state index contributed by atoms with van der Waals surface area (Å²) in [5.41, 5.74) is -0.273. The lowest BCUT2D eigenvalue weighted by Gasteiger charge is -2.27. The van der Waals surface area contributed by atoms with Gasteiger partial charge in [-0.15, -0.1) is 0 Å². The number of carbonyl (C=O) groups is 2. The number of hydrogen-bond donors (Lipinski definition) is 1. The normalized spacial score (nSPS) is 15.5. The first-order valence-electron chi connectivity index (χ1n) is 8.48. The fourth-order valence-electron chi connectivity index (χ4n) is 2.54. The minimum Gasteiger partial charge on any atom is -0.484 e. The van der Waals surface area contributed by atoms with Crippen LogP contribution in [-0.2, 0) is 4.79 Å². The summed E-state index contributed by atoms with van der Waals surface area (Å²) in [6.45, 7) is 8.14. The lowest BCUT2D eigenvalue weighted by Crippen LogP contribution is -2.49. The molecule has 0 unspecified atom stereocenters. The summed E-state index contributed by atoms with van der Waals surface area (Å²) in [7, 11) is 0. The van der Waals surface area contributed by atoms with Gasteiger partial charge in [-0.05, 0) is 51.5 Å². The molecule has 1 aliphatic rings. The zero-order chi connectivity index (χ0) is 18.4. The van der Waals surface area contributed by atoms with Crippen molar-refractivity contribution in [3.05, 3.63) is 29.3 Å². The van der Waals surface area contributed by atoms with Crippen molar-refractivity contribution < 1.29 is 14.3 Å². The molecule has 2 rings (SSSR count). The summed E-state index contributed by atoms with van der Waals surface area (Å²) in [4.78, 5) is 28.1. The zero-order valence-electron chi connectivity index (χ0n) is 15.0. The maximum absolute atomic E-state index is 12.4. The Morgan fingerprint density at radius 3 is 2.32 bits per heavy atom. The first-order chi connectivity index (χ1) is 11.7. The summed E-state index contributed by atoms with van der Waals surface area (Å²) in [6.07, 6.45) is 0.754. The fourth-order valence-corrected chi connectivity index (χ4v) is 2.66. The molecule has 0 bridgehead atoms. The fraction of sp³-hybridized carbons (Fsp3) is 0.556. The van der Waals surface area contributed by atoms with Gasteiger partial charge in [-0.1, -0.05) is 11.6 Å². The van der Waals surface area contributed by atoms with Crippen LogP contribution in [0.3, 0.4) is 0 Å². The van der Waals surface area contributed by atoms with Crippen molar-refractivity contribution >= 4 is 23.5 Å². The molecule has 0 aromatic heterocycles. The molecular formula is C18H26ClN3O3. The van der Waals surface area contributed by atoms with Crippen molar-refractivity contribution in [2.24, 2.45) is 0 Å². The first-order valence-corrected chi connectivity index (χ1v) is 8.86. The number of ether oxygens (including phenoxy) is 1. The lowest BCUT2D eigenvalue weighted by molar-refractivity contribution is -0.133. The van der Waals surface area contributed by atoms with Crippen LogP contribution in [0.4, 0.5) is 4.79 Å². The molecule has 1 fully saturated rings. The van der Waals surface area contributed by atoms with Gasteiger partial charge in [-0.2, -0.15) is 0 Å². The Balaban J connectivity index is 1.82. The van der Waals surface area contributed by atoms with E-state index in [1.165, 1.54) is 0 Å². The Labute approximate surface area is 154 Å². The van der Waals surface area contributed by atoms with E-state index in [-0.39, 0.29) is 24.1 Å². The van der Waals surface area contributed by atoms with Crippen LogP contribution in [0.15, 0.2) is 24.3 Å². The predicted molar refractivity (Wildman–Crippen MR) is 98.0 cm³/mol. The molecule has 138 valence electrons. The van der Waals surface area contributed by atoms with E-state index in [9.17, 15) is 9.59 Å². The number of amides is 3. The van der Waals surface area contributed by atoms with Gasteiger partial charge in [0.2, 0.25) is 0 Å². The molecule has 6 nitrogen and oxygen atoms in total. The van der Waals surface area contributed by atoms with Crippen molar-refractivity contribution in [3.63, 3.8) is 0 Å². The molecule has 25 heavy (non-hydrogen) atoms. The van der Waals surface area contributed by atoms with E-state index in [1.807, 2.05) is 20.8 Å². The van der Waals surface area contributed by atoms with E-state index >= 15 is 0 Å². The SMILES string of the molecule is CC(C)(C)NC(=O)N1CCCN(C(=O)COc2ccc(Cl)cc2)CC1. The van der Waals surface area contributed by atoms with Gasteiger partial charge < -0.3 is 19.9 Å². The van der Waals surface area contributed by atoms with Gasteiger partial charge in [0.05, 0.1) is 0 Å². The average molecular weight is 368 g/mol. The maximum Gasteiger partial charge on any atom is 0.317 e. The molecule has 1 N–H and O–H groups in total. The standard InChI is InChI=1S/C18H26ClN3O3/c1-18(2,3)20-17(24)22-10-4-9-21(11-12-22)16(23)13-25-15-7-5-14(19)6-8-15/h5-8H,4,9-13H2,1-3H3,(H,20,24). The smallest absolute Gasteiger partial charge is 0.317 e. The Kier molecular flexibility index (Phi) is 6.53. The van der Waals surface area contributed by atoms with Crippen molar-refractivity contribution in [2.75, 3.05) is 32.8 Å². The summed E-state index contributed by atoms with van der Waals surface area (Å²) in [6, 6.07) is 6.82. The van der Waals surface area contributed by atoms with Crippen LogP contribution in [0.1, 0.15) is 27.2 Å². The van der Waals surface area contributed by atoms with Gasteiger partial charge in [0.1, 0.15) is 5.75 Å². The zero-order valence-corrected chi connectivity index (χ0v) is 15.8. The van der Waals surface area contributed by atoms with Gasteiger partial charge in [-0.3, -0.25) is 4.79 Å². The van der Waals surface area contributed by atoms with Crippen molar-refractivity contribution in [3.8, 4) is 5.75 Å². The van der Waals surface area contributed by atoms with Crippen LogP contribution in [0, 0.1) is 0 Å². The Morgan fingerprint density at radius 2 is 1.68 bits per heavy atom. The van der Waals surface area contributed by atoms with Crippen molar-refractivity contribution in [1.82, 2.24) is 15.1 Å². The van der Waals surface area contributed by atoms with Crippen LogP contribution in [0.2, 0.25) is 5.02 Å². The Morgan fingerprint density at radius 1 is 1.08 bits per heavy atom. The molecule has 0 saturated carbocycles. The van der Waals surface area contributed by atoms with Crippen LogP contribution in [0.25, 0.3) is 0 Å². The van der Waals surface area contributed by atoms with E-state index < -0.39 is 0 Å². The molecule has 7 heteroatoms. The first kappa shape index (κ1) is 19.4. The van der Waals surface area contributed by atoms with Gasteiger partial charge >= 0.3 is 6.03 Å². The summed E-state index contributed by atoms with van der Waals surface area (Å²) in [5, 5.41) is 3.58. The third-order valence-corrected chi connectivity index (χ3v) is 4.05. The second-order valence-electron chi connectivity index (χ2n) is 7.14. The van der Waals surface area contributed by atoms with Crippen molar-refractivity contribution in [1.29, 1.82) is 0 Å². The highest BCUT2D eigenvalue weighted by atomic mass is 35.5. The molecule has 1 heterocycles. The quantitative estimate of drug-likeness (QED) is 0.893. The molecule has 0 atom stereocenters. The molecule has 0 spiro atoms. The Hall–Kier alpha value is -1.95. The van der Waals surface area contributed by atoms with Crippen LogP contribution in [-0.4, -0.2) is 60.1 Å². The van der Waals surface area contributed by atoms with E-state index in [4.69, 9.17) is 16.3 Å². The van der Waals surface area contributed by atoms with E-state index in [2.05, 4.69) is 5.32 Å². The van der Waals surface area contributed by atoms with E-state index in [0.29, 0.717) is 37.0 Å². The van der Waals surface area contributed by atoms with Crippen LogP contribution in [0.5, 0.6) is 5.75 Å². The molecule has 1 saturated heterocycles. The monoisotopic (exact) mass is 367 g/mol. The highest BCUT2D eigenvalue weighted by Gasteiger charge is 2.24. The van der Waals surface area contributed by atoms with Gasteiger partial charge in [0.25, 0.3) is 5.91 Å². The summed E-state index contributed by atoms with van der Waals surface area (Å²) < 4.78 is 5.51. The number of nitrogens with zero attached hydrogens (tertiary/aromatic N) is 2. The third-order valence-electron chi connectivity index (χ3n) is 3.79. The van der Waals surface area contributed by atoms with E-state index in [0.717, 1.165) is 6.42 Å². The summed E-state index contributed by atoms with van der Waals surface area (Å²) in [5.74, 6) is 0.534. The maximum atomic E-state index is 12.4. The lowest BCUT2D eigenvalue weighted by atomic mass is 10.1. The number of nitrogens with one attached hydrogen (secondary N) is 1. The molecule has 3 amide bonds. The number of hydrogen-bond acceptors (Lipinski definition) is 3. The van der Waals surface area contributed by atoms with Gasteiger partial charge in [0, 0.05) is 36.7 Å². The average Bonchev–Trinajstić information content (AvgIpc) is 2.78. The minimum absolute atomic E-state index is 0.0180. The molecule has 0 radical (unpaired) electrons. The second kappa shape index (κ2) is 8.43. The highest BCUT2D eigenvalue weighted by Crippen LogP contribution is 2.15. The summed E-state index contributed by atoms with van der Waals surface area (Å²) >= 11 is 5.83. The highest BCUT2D eigenvalue weighted by molar-refractivity contribution is 6.30. The number of urea groups is 1. The van der Waals surface area contributed by atoms with Crippen molar-refractivity contribution in [2.45, 2.75) is 32.7 Å². The molecule has 1 aromatic carbocycles. The third kappa shape index (κ3) is 6.46. The largest absolute Gasteiger partial charge is 0.484 e. The number of carbonyl (C=O) groups excluding carboxylic acids is 2. The molecule has 1 aromatic rings. The van der Waals surface area contributed by atoms with E-state index in [1.54, 1.807) is 34.1 Å². The van der Waals surface area contributed by atoms with Crippen LogP contribution >= 0.6 is 11.6 Å². The van der Waals surface area contributed by atoms with Gasteiger partial charge in [0.15, 0.2) is 6.61 Å². The van der Waals surface area contributed by atoms with Gasteiger partial charge in [-0.25, -0.2) is 4.79 Å². The molecular weight excluding hydrogens is 342 g/mol. The molecule has 0 aliphatic carbocycles. The topological polar surface area (TPSA) is 61.9 Å². The predicted octanol–water partition coefficient (Wildman–Crippen LogP) is 2.76. The minimum atomic E-state index is -0.273.